The lowest BCUT2D eigenvalue weighted by Gasteiger charge is -2.09. The third kappa shape index (κ3) is 18.9. The van der Waals surface area contributed by atoms with Gasteiger partial charge in [-0.3, -0.25) is 10.5 Å². The molecule has 6 N–H and O–H groups in total. The van der Waals surface area contributed by atoms with Gasteiger partial charge in [0, 0.05) is 19.5 Å². The number of benzene rings is 1. The third-order valence-electron chi connectivity index (χ3n) is 3.48. The molecule has 172 valence electrons. The molecule has 0 spiro atoms. The highest BCUT2D eigenvalue weighted by Gasteiger charge is 2.02. The van der Waals surface area contributed by atoms with Crippen LogP contribution in [-0.2, 0) is 20.7 Å². The van der Waals surface area contributed by atoms with Gasteiger partial charge in [-0.2, -0.15) is 0 Å². The summed E-state index contributed by atoms with van der Waals surface area (Å²) in [6, 6.07) is 10.0. The van der Waals surface area contributed by atoms with E-state index in [0.717, 1.165) is 31.0 Å². The number of amides is 1. The molecule has 0 radical (unpaired) electrons. The first kappa shape index (κ1) is 29.8. The molecule has 0 saturated heterocycles. The van der Waals surface area contributed by atoms with Crippen LogP contribution >= 0.6 is 0 Å². The van der Waals surface area contributed by atoms with Gasteiger partial charge in [0.15, 0.2) is 11.5 Å². The van der Waals surface area contributed by atoms with Crippen molar-refractivity contribution in [3.8, 4) is 0 Å². The highest BCUT2D eigenvalue weighted by atomic mass is 16.5. The molecule has 0 heterocycles. The number of hydrogen-bond acceptors (Lipinski definition) is 7. The topological polar surface area (TPSA) is 126 Å². The first-order valence-electron chi connectivity index (χ1n) is 9.93. The van der Waals surface area contributed by atoms with Gasteiger partial charge >= 0.3 is 0 Å². The molecule has 1 aromatic carbocycles. The molecule has 0 aliphatic carbocycles. The van der Waals surface area contributed by atoms with Crippen molar-refractivity contribution in [3.05, 3.63) is 59.6 Å². The van der Waals surface area contributed by atoms with Crippen LogP contribution in [-0.4, -0.2) is 56.4 Å². The second kappa shape index (κ2) is 21.3. The molecule has 0 aliphatic rings. The number of methoxy groups -OCH3 is 2. The fourth-order valence-electron chi connectivity index (χ4n) is 2.14. The number of allylic oxidation sites excluding steroid dienone is 1. The molecule has 0 fully saturated rings. The van der Waals surface area contributed by atoms with Gasteiger partial charge < -0.3 is 30.3 Å². The van der Waals surface area contributed by atoms with Gasteiger partial charge in [0.25, 0.3) is 0 Å². The van der Waals surface area contributed by atoms with E-state index in [9.17, 15) is 4.79 Å². The van der Waals surface area contributed by atoms with Crippen LogP contribution in [0, 0.1) is 0 Å². The van der Waals surface area contributed by atoms with Gasteiger partial charge in [0.05, 0.1) is 14.2 Å². The molecular formula is C22H39N3O5. The summed E-state index contributed by atoms with van der Waals surface area (Å²) >= 11 is 0. The molecule has 30 heavy (non-hydrogen) atoms. The molecule has 8 nitrogen and oxygen atoms in total. The van der Waals surface area contributed by atoms with E-state index in [0.29, 0.717) is 13.0 Å². The Morgan fingerprint density at radius 2 is 1.67 bits per heavy atom. The van der Waals surface area contributed by atoms with E-state index in [4.69, 9.17) is 19.7 Å². The zero-order chi connectivity index (χ0) is 23.2. The maximum atomic E-state index is 11.1. The number of carbonyl (C=O) groups excluding carboxylic acids is 1. The van der Waals surface area contributed by atoms with E-state index in [1.165, 1.54) is 5.56 Å². The average molecular weight is 426 g/mol. The van der Waals surface area contributed by atoms with E-state index < -0.39 is 6.41 Å². The minimum Gasteiger partial charge on any atom is -0.493 e. The van der Waals surface area contributed by atoms with Crippen LogP contribution in [0.25, 0.3) is 0 Å². The van der Waals surface area contributed by atoms with Crippen molar-refractivity contribution in [2.45, 2.75) is 40.0 Å². The number of aliphatic hydroxyl groups is 2. The number of ether oxygens (including phenoxy) is 2. The predicted octanol–water partition coefficient (Wildman–Crippen LogP) is 1.65. The third-order valence-corrected chi connectivity index (χ3v) is 3.48. The Hall–Kier alpha value is -2.39. The second-order valence-electron chi connectivity index (χ2n) is 5.79. The number of aryl methyl sites for hydroxylation is 1. The summed E-state index contributed by atoms with van der Waals surface area (Å²) in [6.07, 6.45) is 3.58. The molecular weight excluding hydrogens is 386 g/mol. The van der Waals surface area contributed by atoms with Crippen LogP contribution in [0.3, 0.4) is 0 Å². The minimum absolute atomic E-state index is 0.131. The fraction of sp³-hybridized carbons (Fsp3) is 0.500. The first-order chi connectivity index (χ1) is 14.4. The molecule has 0 unspecified atom stereocenters. The molecule has 0 atom stereocenters. The summed E-state index contributed by atoms with van der Waals surface area (Å²) in [6.45, 7) is 8.37. The summed E-state index contributed by atoms with van der Waals surface area (Å²) in [5.41, 5.74) is 5.44. The molecule has 1 rings (SSSR count). The largest absolute Gasteiger partial charge is 0.493 e. The lowest BCUT2D eigenvalue weighted by Crippen LogP contribution is -2.22. The Morgan fingerprint density at radius 1 is 1.10 bits per heavy atom. The normalized spacial score (nSPS) is 11.0. The van der Waals surface area contributed by atoms with Crippen LogP contribution < -0.4 is 16.4 Å². The van der Waals surface area contributed by atoms with Crippen LogP contribution in [0.1, 0.15) is 32.8 Å². The van der Waals surface area contributed by atoms with Gasteiger partial charge in [-0.05, 0) is 44.5 Å². The maximum Gasteiger partial charge on any atom is 0.220 e. The number of aliphatic hydroxyl groups excluding tert-OH is 1. The molecule has 0 aromatic heterocycles. The van der Waals surface area contributed by atoms with E-state index in [1.807, 2.05) is 56.3 Å². The average Bonchev–Trinajstić information content (AvgIpc) is 2.73. The summed E-state index contributed by atoms with van der Waals surface area (Å²) in [7, 11) is 3.27. The summed E-state index contributed by atoms with van der Waals surface area (Å²) in [5.74, 6) is 1.66. The molecule has 1 amide bonds. The van der Waals surface area contributed by atoms with Crippen molar-refractivity contribution in [2.24, 2.45) is 5.73 Å². The SMILES string of the molecule is C/C=C(OC)\C(=C/CNCC)OC.CCNC(=O)CCc1ccccc1.NC(O)O. The Bertz CT molecular complexity index is 587. The smallest absolute Gasteiger partial charge is 0.220 e. The van der Waals surface area contributed by atoms with Gasteiger partial charge in [-0.25, -0.2) is 0 Å². The number of nitrogens with one attached hydrogen (secondary N) is 2. The number of carbonyl (C=O) groups is 1. The highest BCUT2D eigenvalue weighted by molar-refractivity contribution is 5.76. The molecule has 0 bridgehead atoms. The summed E-state index contributed by atoms with van der Waals surface area (Å²) < 4.78 is 10.3. The molecule has 0 aliphatic heterocycles. The van der Waals surface area contributed by atoms with Crippen molar-refractivity contribution >= 4 is 5.91 Å². The lowest BCUT2D eigenvalue weighted by molar-refractivity contribution is -0.120. The van der Waals surface area contributed by atoms with E-state index in [-0.39, 0.29) is 5.91 Å². The number of nitrogens with two attached hydrogens (primary N) is 1. The summed E-state index contributed by atoms with van der Waals surface area (Å²) in [4.78, 5) is 11.1. The van der Waals surface area contributed by atoms with Gasteiger partial charge in [-0.15, -0.1) is 0 Å². The van der Waals surface area contributed by atoms with Crippen molar-refractivity contribution in [2.75, 3.05) is 33.9 Å². The van der Waals surface area contributed by atoms with Crippen LogP contribution in [0.2, 0.25) is 0 Å². The Balaban J connectivity index is 0. The van der Waals surface area contributed by atoms with E-state index >= 15 is 0 Å². The molecule has 1 aromatic rings. The zero-order valence-electron chi connectivity index (χ0n) is 18.9. The monoisotopic (exact) mass is 425 g/mol. The highest BCUT2D eigenvalue weighted by Crippen LogP contribution is 2.10. The molecule has 8 heteroatoms. The van der Waals surface area contributed by atoms with Crippen molar-refractivity contribution in [3.63, 3.8) is 0 Å². The lowest BCUT2D eigenvalue weighted by atomic mass is 10.1. The minimum atomic E-state index is -1.67. The predicted molar refractivity (Wildman–Crippen MR) is 120 cm³/mol. The number of rotatable bonds is 10. The van der Waals surface area contributed by atoms with Crippen LogP contribution in [0.5, 0.6) is 0 Å². The number of hydrogen-bond donors (Lipinski definition) is 5. The zero-order valence-corrected chi connectivity index (χ0v) is 18.9. The van der Waals surface area contributed by atoms with Gasteiger partial charge in [0.2, 0.25) is 12.3 Å². The van der Waals surface area contributed by atoms with E-state index in [1.54, 1.807) is 14.2 Å². The van der Waals surface area contributed by atoms with Crippen LogP contribution in [0.4, 0.5) is 0 Å². The molecule has 0 saturated carbocycles. The van der Waals surface area contributed by atoms with Crippen molar-refractivity contribution in [1.29, 1.82) is 0 Å². The second-order valence-corrected chi connectivity index (χ2v) is 5.79. The number of likely N-dealkylation sites (N-methyl/N-ethyl adjacent to an activating group) is 1. The Morgan fingerprint density at radius 3 is 2.10 bits per heavy atom. The first-order valence-corrected chi connectivity index (χ1v) is 9.93. The Kier molecular flexibility index (Phi) is 21.2. The Labute approximate surface area is 180 Å². The van der Waals surface area contributed by atoms with Gasteiger partial charge in [-0.1, -0.05) is 37.3 Å². The van der Waals surface area contributed by atoms with Gasteiger partial charge in [0.1, 0.15) is 0 Å². The standard InChI is InChI=1S/C11H15NO.C10H19NO2.CH5NO2/c1-2-12-11(13)9-8-10-6-4-3-5-7-10;1-5-9(12-3)10(13-4)7-8-11-6-2;2-1(3)4/h3-7H,2,8-9H2,1H3,(H,12,13);5,7,11H,6,8H2,1-4H3;1,3-4H,2H2/b;9-5+,10-7+;. The van der Waals surface area contributed by atoms with E-state index in [2.05, 4.69) is 23.3 Å². The fourth-order valence-corrected chi connectivity index (χ4v) is 2.14. The maximum absolute atomic E-state index is 11.1. The quantitative estimate of drug-likeness (QED) is 0.167. The van der Waals surface area contributed by atoms with Crippen molar-refractivity contribution < 1.29 is 24.5 Å². The summed E-state index contributed by atoms with van der Waals surface area (Å²) in [5, 5.41) is 20.7. The van der Waals surface area contributed by atoms with Crippen LogP contribution in [0.15, 0.2) is 54.0 Å². The van der Waals surface area contributed by atoms with Crippen molar-refractivity contribution in [1.82, 2.24) is 10.6 Å².